The largest absolute Gasteiger partial charge is 0.341 e. The molecule has 0 unspecified atom stereocenters. The van der Waals surface area contributed by atoms with E-state index < -0.39 is 11.2 Å². The summed E-state index contributed by atoms with van der Waals surface area (Å²) in [5, 5.41) is 0.620. The lowest BCUT2D eigenvalue weighted by molar-refractivity contribution is -0.131. The maximum Gasteiger partial charge on any atom is 0.331 e. The summed E-state index contributed by atoms with van der Waals surface area (Å²) < 4.78 is 2.45. The zero-order chi connectivity index (χ0) is 18.5. The van der Waals surface area contributed by atoms with Crippen LogP contribution in [0, 0.1) is 0 Å². The van der Waals surface area contributed by atoms with Gasteiger partial charge in [-0.05, 0) is 30.5 Å². The first kappa shape index (κ1) is 18.5. The quantitative estimate of drug-likeness (QED) is 0.822. The first-order valence-corrected chi connectivity index (χ1v) is 9.25. The summed E-state index contributed by atoms with van der Waals surface area (Å²) in [6.07, 6.45) is 5.63. The molecule has 0 N–H and O–H groups in total. The van der Waals surface area contributed by atoms with Gasteiger partial charge in [0.25, 0.3) is 5.56 Å². The summed E-state index contributed by atoms with van der Waals surface area (Å²) in [6.45, 7) is 1.49. The highest BCUT2D eigenvalue weighted by Gasteiger charge is 2.18. The third kappa shape index (κ3) is 4.43. The highest BCUT2D eigenvalue weighted by molar-refractivity contribution is 6.30. The van der Waals surface area contributed by atoms with E-state index in [0.717, 1.165) is 35.8 Å². The van der Waals surface area contributed by atoms with Gasteiger partial charge in [-0.2, -0.15) is 0 Å². The number of carbonyl (C=O) groups is 1. The summed E-state index contributed by atoms with van der Waals surface area (Å²) in [7, 11) is 0. The Morgan fingerprint density at radius 1 is 0.962 bits per heavy atom. The van der Waals surface area contributed by atoms with Gasteiger partial charge in [-0.3, -0.25) is 18.7 Å². The van der Waals surface area contributed by atoms with Gasteiger partial charge in [0.15, 0.2) is 0 Å². The van der Waals surface area contributed by atoms with E-state index >= 15 is 0 Å². The topological polar surface area (TPSA) is 64.3 Å². The molecule has 138 valence electrons. The van der Waals surface area contributed by atoms with Crippen LogP contribution in [0.1, 0.15) is 31.2 Å². The van der Waals surface area contributed by atoms with Crippen molar-refractivity contribution in [1.82, 2.24) is 14.0 Å². The standard InChI is InChI=1S/C19H22ClN3O3/c20-16-7-5-15(6-8-16)13-22-12-9-17(24)23(19(22)26)14-18(25)21-10-3-1-2-4-11-21/h5-9,12H,1-4,10-11,13-14H2. The molecule has 1 aromatic carbocycles. The van der Waals surface area contributed by atoms with Crippen molar-refractivity contribution >= 4 is 17.5 Å². The smallest absolute Gasteiger partial charge is 0.331 e. The molecule has 1 amide bonds. The molecule has 1 saturated heterocycles. The first-order valence-electron chi connectivity index (χ1n) is 8.87. The van der Waals surface area contributed by atoms with Crippen LogP contribution in [-0.4, -0.2) is 33.0 Å². The average Bonchev–Trinajstić information content (AvgIpc) is 2.92. The average molecular weight is 376 g/mol. The zero-order valence-electron chi connectivity index (χ0n) is 14.6. The minimum absolute atomic E-state index is 0.171. The fourth-order valence-electron chi connectivity index (χ4n) is 3.16. The second-order valence-corrected chi connectivity index (χ2v) is 7.01. The van der Waals surface area contributed by atoms with Crippen molar-refractivity contribution in [2.24, 2.45) is 0 Å². The van der Waals surface area contributed by atoms with Crippen molar-refractivity contribution in [3.05, 3.63) is 68.0 Å². The second-order valence-electron chi connectivity index (χ2n) is 6.57. The van der Waals surface area contributed by atoms with Gasteiger partial charge < -0.3 is 4.90 Å². The normalized spacial score (nSPS) is 14.9. The number of nitrogens with zero attached hydrogens (tertiary/aromatic N) is 3. The molecule has 0 atom stereocenters. The second kappa shape index (κ2) is 8.36. The third-order valence-corrected chi connectivity index (χ3v) is 4.91. The number of halogens is 1. The Balaban J connectivity index is 1.80. The highest BCUT2D eigenvalue weighted by atomic mass is 35.5. The number of likely N-dealkylation sites (tertiary alicyclic amines) is 1. The molecule has 7 heteroatoms. The maximum atomic E-state index is 12.7. The van der Waals surface area contributed by atoms with E-state index in [2.05, 4.69) is 0 Å². The minimum Gasteiger partial charge on any atom is -0.341 e. The Kier molecular flexibility index (Phi) is 5.93. The number of benzene rings is 1. The molecule has 6 nitrogen and oxygen atoms in total. The molecule has 0 aliphatic carbocycles. The van der Waals surface area contributed by atoms with Crippen LogP contribution in [0.5, 0.6) is 0 Å². The Hall–Kier alpha value is -2.34. The van der Waals surface area contributed by atoms with Gasteiger partial charge in [0, 0.05) is 30.4 Å². The molecule has 2 aromatic rings. The molecule has 3 rings (SSSR count). The van der Waals surface area contributed by atoms with E-state index in [0.29, 0.717) is 24.7 Å². The van der Waals surface area contributed by atoms with Crippen LogP contribution < -0.4 is 11.2 Å². The van der Waals surface area contributed by atoms with Gasteiger partial charge in [0.2, 0.25) is 5.91 Å². The van der Waals surface area contributed by atoms with Gasteiger partial charge in [0.05, 0.1) is 6.54 Å². The number of hydrogen-bond donors (Lipinski definition) is 0. The number of amides is 1. The predicted molar refractivity (Wildman–Crippen MR) is 101 cm³/mol. The number of carbonyl (C=O) groups excluding carboxylic acids is 1. The molecular weight excluding hydrogens is 354 g/mol. The van der Waals surface area contributed by atoms with E-state index in [1.807, 2.05) is 12.1 Å². The molecule has 1 fully saturated rings. The van der Waals surface area contributed by atoms with Crippen LogP contribution in [0.4, 0.5) is 0 Å². The first-order chi connectivity index (χ1) is 12.5. The molecular formula is C19H22ClN3O3. The summed E-state index contributed by atoms with van der Waals surface area (Å²) in [4.78, 5) is 39.1. The lowest BCUT2D eigenvalue weighted by Crippen LogP contribution is -2.44. The minimum atomic E-state index is -0.476. The van der Waals surface area contributed by atoms with Crippen LogP contribution >= 0.6 is 11.6 Å². The van der Waals surface area contributed by atoms with Crippen molar-refractivity contribution in [2.45, 2.75) is 38.8 Å². The molecule has 0 bridgehead atoms. The van der Waals surface area contributed by atoms with Crippen LogP contribution in [0.3, 0.4) is 0 Å². The molecule has 2 heterocycles. The molecule has 0 radical (unpaired) electrons. The number of aromatic nitrogens is 2. The fraction of sp³-hybridized carbons (Fsp3) is 0.421. The van der Waals surface area contributed by atoms with Gasteiger partial charge in [-0.25, -0.2) is 4.79 Å². The van der Waals surface area contributed by atoms with Crippen molar-refractivity contribution in [3.63, 3.8) is 0 Å². The number of rotatable bonds is 4. The summed E-state index contributed by atoms with van der Waals surface area (Å²) >= 11 is 5.88. The van der Waals surface area contributed by atoms with Crippen LogP contribution in [-0.2, 0) is 17.9 Å². The van der Waals surface area contributed by atoms with Crippen molar-refractivity contribution in [3.8, 4) is 0 Å². The maximum absolute atomic E-state index is 12.7. The van der Waals surface area contributed by atoms with Gasteiger partial charge >= 0.3 is 5.69 Å². The van der Waals surface area contributed by atoms with E-state index in [9.17, 15) is 14.4 Å². The third-order valence-electron chi connectivity index (χ3n) is 4.66. The van der Waals surface area contributed by atoms with Crippen LogP contribution in [0.2, 0.25) is 5.02 Å². The summed E-state index contributed by atoms with van der Waals surface area (Å²) in [6, 6.07) is 8.48. The lowest BCUT2D eigenvalue weighted by atomic mass is 10.2. The molecule has 1 aliphatic rings. The highest BCUT2D eigenvalue weighted by Crippen LogP contribution is 2.11. The lowest BCUT2D eigenvalue weighted by Gasteiger charge is -2.20. The van der Waals surface area contributed by atoms with Gasteiger partial charge in [-0.15, -0.1) is 0 Å². The van der Waals surface area contributed by atoms with Gasteiger partial charge in [-0.1, -0.05) is 36.6 Å². The van der Waals surface area contributed by atoms with Crippen LogP contribution in [0.15, 0.2) is 46.1 Å². The summed E-state index contributed by atoms with van der Waals surface area (Å²) in [5.74, 6) is -0.171. The van der Waals surface area contributed by atoms with E-state index in [1.54, 1.807) is 17.0 Å². The molecule has 1 aromatic heterocycles. The monoisotopic (exact) mass is 375 g/mol. The molecule has 1 aliphatic heterocycles. The van der Waals surface area contributed by atoms with E-state index in [4.69, 9.17) is 11.6 Å². The molecule has 0 spiro atoms. The molecule has 26 heavy (non-hydrogen) atoms. The fourth-order valence-corrected chi connectivity index (χ4v) is 3.29. The van der Waals surface area contributed by atoms with Crippen LogP contribution in [0.25, 0.3) is 0 Å². The Bertz CT molecular complexity index is 878. The number of hydrogen-bond acceptors (Lipinski definition) is 3. The molecule has 0 saturated carbocycles. The van der Waals surface area contributed by atoms with Gasteiger partial charge in [0.1, 0.15) is 6.54 Å². The van der Waals surface area contributed by atoms with Crippen molar-refractivity contribution in [2.75, 3.05) is 13.1 Å². The Morgan fingerprint density at radius 2 is 1.62 bits per heavy atom. The van der Waals surface area contributed by atoms with E-state index in [1.165, 1.54) is 16.8 Å². The van der Waals surface area contributed by atoms with Crippen molar-refractivity contribution in [1.29, 1.82) is 0 Å². The van der Waals surface area contributed by atoms with E-state index in [-0.39, 0.29) is 12.5 Å². The Morgan fingerprint density at radius 3 is 2.27 bits per heavy atom. The summed E-state index contributed by atoms with van der Waals surface area (Å²) in [5.41, 5.74) is -0.0401. The predicted octanol–water partition coefficient (Wildman–Crippen LogP) is 2.11. The Labute approximate surface area is 156 Å². The SMILES string of the molecule is O=C(Cn1c(=O)ccn(Cc2ccc(Cl)cc2)c1=O)N1CCCCCC1. The zero-order valence-corrected chi connectivity index (χ0v) is 15.3. The van der Waals surface area contributed by atoms with Crippen molar-refractivity contribution < 1.29 is 4.79 Å².